The molecule has 4 heteroatoms. The van der Waals surface area contributed by atoms with E-state index in [1.807, 2.05) is 36.9 Å². The molecule has 3 N–H and O–H groups in total. The summed E-state index contributed by atoms with van der Waals surface area (Å²) in [5.41, 5.74) is 7.18. The summed E-state index contributed by atoms with van der Waals surface area (Å²) < 4.78 is 0. The molecule has 0 heterocycles. The average Bonchev–Trinajstić information content (AvgIpc) is 2.46. The maximum atomic E-state index is 12.0. The van der Waals surface area contributed by atoms with Crippen LogP contribution in [-0.4, -0.2) is 29.5 Å². The topological polar surface area (TPSA) is 55.1 Å². The lowest BCUT2D eigenvalue weighted by atomic mass is 10.1. The molecule has 0 saturated heterocycles. The predicted octanol–water partition coefficient (Wildman–Crippen LogP) is 2.59. The fraction of sp³-hybridized carbons (Fsp3) is 0.562. The molecule has 1 rings (SSSR count). The first kappa shape index (κ1) is 17.1. The monoisotopic (exact) mass is 294 g/mol. The molecule has 0 radical (unpaired) electrons. The number of carbonyl (C=O) groups is 1. The van der Waals surface area contributed by atoms with Gasteiger partial charge in [0.05, 0.1) is 6.04 Å². The molecule has 0 aliphatic heterocycles. The van der Waals surface area contributed by atoms with E-state index in [-0.39, 0.29) is 11.9 Å². The lowest BCUT2D eigenvalue weighted by Crippen LogP contribution is -2.44. The maximum Gasteiger partial charge on any atom is 0.237 e. The second kappa shape index (κ2) is 9.83. The number of rotatable bonds is 9. The van der Waals surface area contributed by atoms with Gasteiger partial charge in [-0.3, -0.25) is 4.79 Å². The molecule has 0 spiro atoms. The Morgan fingerprint density at radius 2 is 2.00 bits per heavy atom. The molecule has 1 amide bonds. The zero-order valence-electron chi connectivity index (χ0n) is 12.5. The van der Waals surface area contributed by atoms with E-state index in [0.717, 1.165) is 24.3 Å². The number of hydrogen-bond donors (Lipinski definition) is 2. The number of nitrogens with one attached hydrogen (secondary N) is 1. The van der Waals surface area contributed by atoms with Gasteiger partial charge in [0.1, 0.15) is 0 Å². The molecule has 2 atom stereocenters. The third-order valence-electron chi connectivity index (χ3n) is 3.21. The number of thioether (sulfide) groups is 1. The first-order valence-electron chi connectivity index (χ1n) is 7.31. The van der Waals surface area contributed by atoms with Crippen molar-refractivity contribution in [2.75, 3.05) is 11.5 Å². The Kier molecular flexibility index (Phi) is 8.38. The van der Waals surface area contributed by atoms with Crippen molar-refractivity contribution >= 4 is 17.7 Å². The van der Waals surface area contributed by atoms with Crippen LogP contribution >= 0.6 is 11.8 Å². The van der Waals surface area contributed by atoms with Crippen molar-refractivity contribution in [2.24, 2.45) is 5.73 Å². The van der Waals surface area contributed by atoms with Crippen LogP contribution in [0.1, 0.15) is 32.3 Å². The molecule has 112 valence electrons. The van der Waals surface area contributed by atoms with Gasteiger partial charge in [-0.1, -0.05) is 37.3 Å². The van der Waals surface area contributed by atoms with Crippen LogP contribution in [0.3, 0.4) is 0 Å². The van der Waals surface area contributed by atoms with E-state index in [9.17, 15) is 4.79 Å². The highest BCUT2D eigenvalue weighted by atomic mass is 32.2. The Bertz CT molecular complexity index is 383. The van der Waals surface area contributed by atoms with Gasteiger partial charge in [0.15, 0.2) is 0 Å². The Labute approximate surface area is 126 Å². The number of carbonyl (C=O) groups excluding carboxylic acids is 1. The average molecular weight is 294 g/mol. The molecule has 0 fully saturated rings. The van der Waals surface area contributed by atoms with Crippen molar-refractivity contribution < 1.29 is 4.79 Å². The number of amides is 1. The first-order chi connectivity index (χ1) is 9.63. The number of nitrogens with two attached hydrogens (primary N) is 1. The highest BCUT2D eigenvalue weighted by molar-refractivity contribution is 7.99. The van der Waals surface area contributed by atoms with Crippen molar-refractivity contribution in [1.82, 2.24) is 5.32 Å². The van der Waals surface area contributed by atoms with Gasteiger partial charge >= 0.3 is 0 Å². The van der Waals surface area contributed by atoms with E-state index < -0.39 is 6.04 Å². The van der Waals surface area contributed by atoms with Crippen molar-refractivity contribution in [2.45, 2.75) is 45.2 Å². The second-order valence-electron chi connectivity index (χ2n) is 5.03. The summed E-state index contributed by atoms with van der Waals surface area (Å²) in [7, 11) is 0. The molecule has 1 aromatic carbocycles. The second-order valence-corrected chi connectivity index (χ2v) is 6.42. The van der Waals surface area contributed by atoms with Gasteiger partial charge in [-0.25, -0.2) is 0 Å². The summed E-state index contributed by atoms with van der Waals surface area (Å²) in [6, 6.07) is 9.92. The quantitative estimate of drug-likeness (QED) is 0.688. The summed E-state index contributed by atoms with van der Waals surface area (Å²) in [5.74, 6) is 2.17. The van der Waals surface area contributed by atoms with E-state index in [2.05, 4.69) is 24.4 Å². The number of benzene rings is 1. The van der Waals surface area contributed by atoms with Crippen LogP contribution < -0.4 is 11.1 Å². The molecular formula is C16H26N2OS. The third-order valence-corrected chi connectivity index (χ3v) is 4.14. The van der Waals surface area contributed by atoms with E-state index in [1.54, 1.807) is 0 Å². The smallest absolute Gasteiger partial charge is 0.237 e. The molecule has 3 nitrogen and oxygen atoms in total. The fourth-order valence-corrected chi connectivity index (χ4v) is 2.73. The van der Waals surface area contributed by atoms with Crippen molar-refractivity contribution in [3.8, 4) is 0 Å². The number of aryl methyl sites for hydroxylation is 1. The van der Waals surface area contributed by atoms with Gasteiger partial charge in [0.2, 0.25) is 5.91 Å². The number of hydrogen-bond acceptors (Lipinski definition) is 3. The van der Waals surface area contributed by atoms with Gasteiger partial charge < -0.3 is 11.1 Å². The predicted molar refractivity (Wildman–Crippen MR) is 88.0 cm³/mol. The van der Waals surface area contributed by atoms with Gasteiger partial charge in [0.25, 0.3) is 0 Å². The van der Waals surface area contributed by atoms with Crippen LogP contribution in [0.15, 0.2) is 30.3 Å². The Hall–Kier alpha value is -1.00. The van der Waals surface area contributed by atoms with Gasteiger partial charge in [0, 0.05) is 6.04 Å². The molecule has 1 aromatic rings. The summed E-state index contributed by atoms with van der Waals surface area (Å²) in [6.45, 7) is 4.19. The molecule has 0 saturated carbocycles. The Morgan fingerprint density at radius 1 is 1.30 bits per heavy atom. The minimum absolute atomic E-state index is 0.0325. The minimum Gasteiger partial charge on any atom is -0.352 e. The Morgan fingerprint density at radius 3 is 2.65 bits per heavy atom. The molecule has 2 unspecified atom stereocenters. The molecule has 0 aliphatic rings. The summed E-state index contributed by atoms with van der Waals surface area (Å²) in [5, 5.41) is 3.00. The minimum atomic E-state index is -0.420. The lowest BCUT2D eigenvalue weighted by molar-refractivity contribution is -0.123. The third kappa shape index (κ3) is 6.96. The molecular weight excluding hydrogens is 268 g/mol. The van der Waals surface area contributed by atoms with Gasteiger partial charge in [-0.2, -0.15) is 11.8 Å². The summed E-state index contributed by atoms with van der Waals surface area (Å²) in [4.78, 5) is 12.0. The molecule has 0 aromatic heterocycles. The van der Waals surface area contributed by atoms with Crippen LogP contribution in [0, 0.1) is 0 Å². The van der Waals surface area contributed by atoms with Crippen LogP contribution in [0.25, 0.3) is 0 Å². The lowest BCUT2D eigenvalue weighted by Gasteiger charge is -2.17. The SMILES string of the molecule is CCSCCC(C)NC(=O)C(N)CCc1ccccc1. The largest absolute Gasteiger partial charge is 0.352 e. The van der Waals surface area contributed by atoms with E-state index in [0.29, 0.717) is 6.42 Å². The maximum absolute atomic E-state index is 12.0. The van der Waals surface area contributed by atoms with Crippen LogP contribution in [0.2, 0.25) is 0 Å². The van der Waals surface area contributed by atoms with E-state index in [4.69, 9.17) is 5.73 Å². The van der Waals surface area contributed by atoms with Gasteiger partial charge in [-0.05, 0) is 43.3 Å². The zero-order chi connectivity index (χ0) is 14.8. The normalized spacial score (nSPS) is 13.8. The van der Waals surface area contributed by atoms with Crippen molar-refractivity contribution in [1.29, 1.82) is 0 Å². The summed E-state index contributed by atoms with van der Waals surface area (Å²) >= 11 is 1.90. The van der Waals surface area contributed by atoms with Crippen molar-refractivity contribution in [3.05, 3.63) is 35.9 Å². The van der Waals surface area contributed by atoms with Crippen LogP contribution in [0.4, 0.5) is 0 Å². The molecule has 0 bridgehead atoms. The first-order valence-corrected chi connectivity index (χ1v) is 8.46. The van der Waals surface area contributed by atoms with E-state index >= 15 is 0 Å². The molecule has 20 heavy (non-hydrogen) atoms. The fourth-order valence-electron chi connectivity index (χ4n) is 1.92. The Balaban J connectivity index is 2.25. The zero-order valence-corrected chi connectivity index (χ0v) is 13.3. The van der Waals surface area contributed by atoms with Crippen molar-refractivity contribution in [3.63, 3.8) is 0 Å². The summed E-state index contributed by atoms with van der Waals surface area (Å²) in [6.07, 6.45) is 2.53. The molecule has 0 aliphatic carbocycles. The van der Waals surface area contributed by atoms with Crippen LogP contribution in [-0.2, 0) is 11.2 Å². The van der Waals surface area contributed by atoms with Gasteiger partial charge in [-0.15, -0.1) is 0 Å². The van der Waals surface area contributed by atoms with E-state index in [1.165, 1.54) is 5.56 Å². The highest BCUT2D eigenvalue weighted by Gasteiger charge is 2.15. The van der Waals surface area contributed by atoms with Crippen LogP contribution in [0.5, 0.6) is 0 Å². The standard InChI is InChI=1S/C16H26N2OS/c1-3-20-12-11-13(2)18-16(19)15(17)10-9-14-7-5-4-6-8-14/h4-8,13,15H,3,9-12,17H2,1-2H3,(H,18,19). The highest BCUT2D eigenvalue weighted by Crippen LogP contribution is 2.06.